The largest absolute Gasteiger partial charge is 0.598 e. The fraction of sp³-hybridized carbons (Fsp3) is 0.529. The molecule has 2 rings (SSSR count). The first-order valence-corrected chi connectivity index (χ1v) is 9.47. The molecule has 0 bridgehead atoms. The number of hydrogen-bond acceptors (Lipinski definition) is 6. The van der Waals surface area contributed by atoms with Crippen molar-refractivity contribution in [2.24, 2.45) is 0 Å². The Bertz CT molecular complexity index is 692. The van der Waals surface area contributed by atoms with Crippen LogP contribution in [0.1, 0.15) is 39.2 Å². The fourth-order valence-corrected chi connectivity index (χ4v) is 3.65. The molecule has 6 nitrogen and oxygen atoms in total. The quantitative estimate of drug-likeness (QED) is 0.456. The maximum absolute atomic E-state index is 15.0. The summed E-state index contributed by atoms with van der Waals surface area (Å²) >= 11 is -1.57. The normalized spacial score (nSPS) is 22.1. The van der Waals surface area contributed by atoms with Gasteiger partial charge in [0.2, 0.25) is 0 Å². The number of alkyl halides is 1. The van der Waals surface area contributed by atoms with Crippen molar-refractivity contribution in [2.45, 2.75) is 50.6 Å². The van der Waals surface area contributed by atoms with Gasteiger partial charge in [-0.05, 0) is 19.4 Å². The van der Waals surface area contributed by atoms with Crippen LogP contribution in [0, 0.1) is 5.82 Å². The number of rotatable bonds is 6. The van der Waals surface area contributed by atoms with Gasteiger partial charge >= 0.3 is 17.6 Å². The lowest BCUT2D eigenvalue weighted by Gasteiger charge is -2.37. The van der Waals surface area contributed by atoms with Crippen LogP contribution in [-0.4, -0.2) is 34.2 Å². The van der Waals surface area contributed by atoms with E-state index in [1.54, 1.807) is 6.07 Å². The average Bonchev–Trinajstić information content (AvgIpc) is 2.50. The second-order valence-electron chi connectivity index (χ2n) is 6.85. The van der Waals surface area contributed by atoms with Crippen LogP contribution >= 0.6 is 0 Å². The van der Waals surface area contributed by atoms with Gasteiger partial charge in [-0.2, -0.15) is 0 Å². The number of benzene rings is 1. The van der Waals surface area contributed by atoms with E-state index in [0.717, 1.165) is 0 Å². The molecule has 1 fully saturated rings. The molecule has 1 saturated heterocycles. The molecule has 26 heavy (non-hydrogen) atoms. The van der Waals surface area contributed by atoms with Gasteiger partial charge in [0.25, 0.3) is 5.79 Å². The Balaban J connectivity index is 2.29. The van der Waals surface area contributed by atoms with Gasteiger partial charge in [-0.15, -0.1) is 4.72 Å². The summed E-state index contributed by atoms with van der Waals surface area (Å²) in [7, 11) is 0. The highest BCUT2D eigenvalue weighted by Gasteiger charge is 2.58. The van der Waals surface area contributed by atoms with Crippen molar-refractivity contribution in [1.29, 1.82) is 0 Å². The minimum Gasteiger partial charge on any atom is -0.598 e. The summed E-state index contributed by atoms with van der Waals surface area (Å²) in [6.45, 7) is 4.14. The molecule has 0 aromatic heterocycles. The molecule has 0 spiro atoms. The summed E-state index contributed by atoms with van der Waals surface area (Å²) in [5, 5.41) is 0. The van der Waals surface area contributed by atoms with Gasteiger partial charge in [0, 0.05) is 37.2 Å². The third kappa shape index (κ3) is 4.16. The van der Waals surface area contributed by atoms with Gasteiger partial charge in [-0.3, -0.25) is 0 Å². The first-order chi connectivity index (χ1) is 11.9. The highest BCUT2D eigenvalue weighted by atomic mass is 32.2. The topological polar surface area (TPSA) is 87.7 Å². The second-order valence-corrected chi connectivity index (χ2v) is 7.96. The molecule has 1 aliphatic heterocycles. The third-order valence-corrected chi connectivity index (χ3v) is 4.87. The number of cyclic esters (lactones) is 2. The van der Waals surface area contributed by atoms with Gasteiger partial charge in [0.05, 0.1) is 5.54 Å². The van der Waals surface area contributed by atoms with Crippen LogP contribution in [0.3, 0.4) is 0 Å². The number of carbonyl (C=O) groups is 2. The lowest BCUT2D eigenvalue weighted by Crippen LogP contribution is -2.57. The van der Waals surface area contributed by atoms with E-state index in [1.165, 1.54) is 45.2 Å². The number of ether oxygens (including phenoxy) is 2. The van der Waals surface area contributed by atoms with Gasteiger partial charge in [-0.25, -0.2) is 18.4 Å². The number of carbonyl (C=O) groups excluding carboxylic acids is 2. The molecule has 0 amide bonds. The smallest absolute Gasteiger partial charge is 0.359 e. The van der Waals surface area contributed by atoms with Crippen LogP contribution in [0.4, 0.5) is 8.78 Å². The fourth-order valence-electron chi connectivity index (χ4n) is 2.81. The maximum atomic E-state index is 15.0. The third-order valence-electron chi connectivity index (χ3n) is 4.13. The molecule has 0 aliphatic carbocycles. The lowest BCUT2D eigenvalue weighted by molar-refractivity contribution is -0.253. The number of halogens is 2. The van der Waals surface area contributed by atoms with Gasteiger partial charge < -0.3 is 14.0 Å². The van der Waals surface area contributed by atoms with Gasteiger partial charge in [0.15, 0.2) is 0 Å². The molecule has 1 aromatic rings. The first-order valence-electron chi connectivity index (χ1n) is 7.92. The summed E-state index contributed by atoms with van der Waals surface area (Å²) in [6.07, 6.45) is 0.500. The van der Waals surface area contributed by atoms with E-state index in [9.17, 15) is 18.5 Å². The van der Waals surface area contributed by atoms with Gasteiger partial charge in [-0.1, -0.05) is 18.2 Å². The van der Waals surface area contributed by atoms with Crippen LogP contribution < -0.4 is 4.72 Å². The number of esters is 2. The summed E-state index contributed by atoms with van der Waals surface area (Å²) in [5.41, 5.74) is -4.17. The summed E-state index contributed by atoms with van der Waals surface area (Å²) in [6, 6.07) is 5.73. The zero-order chi connectivity index (χ0) is 19.8. The zero-order valence-corrected chi connectivity index (χ0v) is 15.7. The van der Waals surface area contributed by atoms with Crippen molar-refractivity contribution >= 4 is 23.3 Å². The van der Waals surface area contributed by atoms with Crippen molar-refractivity contribution in [1.82, 2.24) is 4.72 Å². The Labute approximate surface area is 153 Å². The number of hydrogen-bond donors (Lipinski definition) is 1. The van der Waals surface area contributed by atoms with E-state index in [-0.39, 0.29) is 12.0 Å². The van der Waals surface area contributed by atoms with E-state index < -0.39 is 52.5 Å². The van der Waals surface area contributed by atoms with Crippen molar-refractivity contribution in [3.63, 3.8) is 0 Å². The summed E-state index contributed by atoms with van der Waals surface area (Å²) in [5.74, 6) is -4.85. The van der Waals surface area contributed by atoms with E-state index >= 15 is 4.39 Å². The summed E-state index contributed by atoms with van der Waals surface area (Å²) in [4.78, 5) is 24.1. The Morgan fingerprint density at radius 2 is 1.77 bits per heavy atom. The van der Waals surface area contributed by atoms with Crippen LogP contribution in [-0.2, 0) is 36.0 Å². The molecule has 0 radical (unpaired) electrons. The van der Waals surface area contributed by atoms with E-state index in [0.29, 0.717) is 0 Å². The van der Waals surface area contributed by atoms with Gasteiger partial charge in [0.1, 0.15) is 12.1 Å². The highest BCUT2D eigenvalue weighted by Crippen LogP contribution is 2.37. The molecule has 1 aromatic carbocycles. The Hall–Kier alpha value is -1.71. The van der Waals surface area contributed by atoms with Crippen LogP contribution in [0.5, 0.6) is 0 Å². The maximum Gasteiger partial charge on any atom is 0.359 e. The molecular weight excluding hydrogens is 368 g/mol. The van der Waals surface area contributed by atoms with E-state index in [4.69, 9.17) is 9.47 Å². The van der Waals surface area contributed by atoms with E-state index in [2.05, 4.69) is 4.72 Å². The molecule has 0 saturated carbocycles. The van der Waals surface area contributed by atoms with Crippen molar-refractivity contribution in [3.8, 4) is 0 Å². The number of nitrogens with one attached hydrogen (secondary N) is 1. The van der Waals surface area contributed by atoms with Crippen LogP contribution in [0.15, 0.2) is 24.3 Å². The molecule has 1 heterocycles. The molecule has 9 heteroatoms. The molecule has 1 N–H and O–H groups in total. The van der Waals surface area contributed by atoms with Crippen molar-refractivity contribution in [2.75, 3.05) is 6.26 Å². The second kappa shape index (κ2) is 7.13. The monoisotopic (exact) mass is 389 g/mol. The Morgan fingerprint density at radius 1 is 1.23 bits per heavy atom. The molecule has 144 valence electrons. The molecule has 1 unspecified atom stereocenters. The Morgan fingerprint density at radius 3 is 2.27 bits per heavy atom. The molecule has 2 atom stereocenters. The molecule has 1 aliphatic rings. The average molecular weight is 389 g/mol. The highest BCUT2D eigenvalue weighted by molar-refractivity contribution is 7.88. The van der Waals surface area contributed by atoms with Crippen LogP contribution in [0.2, 0.25) is 0 Å². The minimum absolute atomic E-state index is 0.136. The zero-order valence-electron chi connectivity index (χ0n) is 14.9. The summed E-state index contributed by atoms with van der Waals surface area (Å²) < 4.78 is 53.3. The predicted molar refractivity (Wildman–Crippen MR) is 90.3 cm³/mol. The Kier molecular flexibility index (Phi) is 5.65. The van der Waals surface area contributed by atoms with Crippen molar-refractivity contribution < 1.29 is 32.4 Å². The standard InChI is InChI=1S/C17H21F2NO5S/c1-15(2)24-13(21)17(19,14(22)25-15)10-9-16(3,20-26(4)23)11-7-5-6-8-12(11)18/h5-8,20H,9-10H2,1-4H3/t16-,26?/m0/s1. The van der Waals surface area contributed by atoms with E-state index in [1.807, 2.05) is 0 Å². The lowest BCUT2D eigenvalue weighted by atomic mass is 9.84. The SMILES string of the molecule is C[S+]([O-])N[C@@](C)(CCC1(F)C(=O)OC(C)(C)OC1=O)c1ccccc1F. The van der Waals surface area contributed by atoms with Crippen LogP contribution in [0.25, 0.3) is 0 Å². The molecular formula is C17H21F2NO5S. The van der Waals surface area contributed by atoms with Crippen molar-refractivity contribution in [3.05, 3.63) is 35.6 Å². The first kappa shape index (κ1) is 20.6. The predicted octanol–water partition coefficient (Wildman–Crippen LogP) is 2.25. The minimum atomic E-state index is -3.01.